The van der Waals surface area contributed by atoms with Crippen LogP contribution in [-0.2, 0) is 46.5 Å². The summed E-state index contributed by atoms with van der Waals surface area (Å²) in [6.45, 7) is -1.01. The zero-order chi connectivity index (χ0) is 25.3. The zero-order valence-corrected chi connectivity index (χ0v) is 19.1. The van der Waals surface area contributed by atoms with Crippen molar-refractivity contribution in [1.29, 1.82) is 0 Å². The number of ether oxygens (including phenoxy) is 5. The Labute approximate surface area is 202 Å². The number of benzene rings is 2. The topological polar surface area (TPSA) is 135 Å². The first-order chi connectivity index (χ1) is 16.9. The van der Waals surface area contributed by atoms with Crippen molar-refractivity contribution < 1.29 is 48.0 Å². The fourth-order valence-corrected chi connectivity index (χ4v) is 2.87. The van der Waals surface area contributed by atoms with Crippen LogP contribution in [0.15, 0.2) is 60.7 Å². The maximum absolute atomic E-state index is 12.4. The number of carbonyl (C=O) groups is 4. The molecule has 0 aromatic heterocycles. The molecule has 1 unspecified atom stereocenters. The van der Waals surface area contributed by atoms with Gasteiger partial charge < -0.3 is 28.8 Å². The lowest BCUT2D eigenvalue weighted by Crippen LogP contribution is -2.26. The van der Waals surface area contributed by atoms with E-state index < -0.39 is 37.0 Å². The zero-order valence-electron chi connectivity index (χ0n) is 19.1. The molecule has 0 saturated heterocycles. The van der Waals surface area contributed by atoms with Crippen LogP contribution in [0.2, 0.25) is 0 Å². The summed E-state index contributed by atoms with van der Waals surface area (Å²) < 4.78 is 24.7. The van der Waals surface area contributed by atoms with Gasteiger partial charge in [-0.2, -0.15) is 0 Å². The number of hydrogen-bond acceptors (Lipinski definition) is 9. The average molecular weight is 488 g/mol. The molecule has 10 nitrogen and oxygen atoms in total. The number of carbonyl (C=O) groups excluding carboxylic acids is 3. The van der Waals surface area contributed by atoms with Crippen molar-refractivity contribution in [2.45, 2.75) is 38.9 Å². The van der Waals surface area contributed by atoms with Crippen LogP contribution in [0, 0.1) is 5.92 Å². The van der Waals surface area contributed by atoms with Crippen molar-refractivity contribution in [3.05, 3.63) is 71.8 Å². The monoisotopic (exact) mass is 488 g/mol. The summed E-state index contributed by atoms with van der Waals surface area (Å²) >= 11 is 0. The Balaban J connectivity index is 1.75. The number of rotatable bonds is 14. The predicted molar refractivity (Wildman–Crippen MR) is 121 cm³/mol. The van der Waals surface area contributed by atoms with E-state index in [0.29, 0.717) is 12.8 Å². The first kappa shape index (κ1) is 27.2. The summed E-state index contributed by atoms with van der Waals surface area (Å²) in [7, 11) is 0. The number of carboxylic acids is 1. The van der Waals surface area contributed by atoms with E-state index in [1.165, 1.54) is 0 Å². The van der Waals surface area contributed by atoms with Gasteiger partial charge in [-0.15, -0.1) is 0 Å². The summed E-state index contributed by atoms with van der Waals surface area (Å²) in [6, 6.07) is 17.9. The van der Waals surface area contributed by atoms with Crippen LogP contribution in [0.4, 0.5) is 9.59 Å². The van der Waals surface area contributed by atoms with Gasteiger partial charge in [-0.1, -0.05) is 67.1 Å². The minimum absolute atomic E-state index is 0.00124. The molecule has 0 bridgehead atoms. The van der Waals surface area contributed by atoms with Crippen molar-refractivity contribution in [2.75, 3.05) is 13.4 Å². The number of carboxylic acid groups (broad SMARTS) is 1. The number of aliphatic carboxylic acids is 1. The molecule has 2 aromatic carbocycles. The lowest BCUT2D eigenvalue weighted by molar-refractivity contribution is -0.160. The molecule has 0 radical (unpaired) electrons. The Hall–Kier alpha value is -4.08. The lowest BCUT2D eigenvalue weighted by Gasteiger charge is -2.16. The third-order valence-corrected chi connectivity index (χ3v) is 4.71. The Morgan fingerprint density at radius 2 is 1.23 bits per heavy atom. The summed E-state index contributed by atoms with van der Waals surface area (Å²) in [5.41, 5.74) is 1.53. The van der Waals surface area contributed by atoms with Gasteiger partial charge in [0.1, 0.15) is 19.8 Å². The van der Waals surface area contributed by atoms with E-state index in [1.807, 2.05) is 12.1 Å². The van der Waals surface area contributed by atoms with E-state index in [4.69, 9.17) is 28.8 Å². The maximum atomic E-state index is 12.4. The van der Waals surface area contributed by atoms with Crippen molar-refractivity contribution >= 4 is 24.2 Å². The third-order valence-electron chi connectivity index (χ3n) is 4.71. The summed E-state index contributed by atoms with van der Waals surface area (Å²) in [6.07, 6.45) is -1.11. The van der Waals surface area contributed by atoms with Gasteiger partial charge in [-0.3, -0.25) is 9.59 Å². The molecule has 0 saturated carbocycles. The van der Waals surface area contributed by atoms with Gasteiger partial charge >= 0.3 is 24.2 Å². The molecule has 0 aliphatic rings. The summed E-state index contributed by atoms with van der Waals surface area (Å²) in [4.78, 5) is 46.7. The van der Waals surface area contributed by atoms with Gasteiger partial charge in [0.05, 0.1) is 5.92 Å². The number of unbranched alkanes of at least 4 members (excludes halogenated alkanes) is 1. The molecule has 35 heavy (non-hydrogen) atoms. The predicted octanol–water partition coefficient (Wildman–Crippen LogP) is 4.46. The standard InChI is InChI=1S/C25H28O10/c26-22(27)14-8-7-13-21(17-33-24(29)31-15-19-9-3-1-4-10-19)23(28)34-18-35-25(30)32-16-20-11-5-2-6-12-20/h1-6,9-12,21H,7-8,13-18H2,(H,26,27). The Morgan fingerprint density at radius 1 is 0.686 bits per heavy atom. The van der Waals surface area contributed by atoms with Crippen LogP contribution >= 0.6 is 0 Å². The summed E-state index contributed by atoms with van der Waals surface area (Å²) in [5, 5.41) is 8.76. The lowest BCUT2D eigenvalue weighted by atomic mass is 10.0. The van der Waals surface area contributed by atoms with E-state index >= 15 is 0 Å². The molecule has 0 aliphatic carbocycles. The largest absolute Gasteiger partial charge is 0.511 e. The smallest absolute Gasteiger partial charge is 0.481 e. The van der Waals surface area contributed by atoms with Crippen LogP contribution < -0.4 is 0 Å². The fourth-order valence-electron chi connectivity index (χ4n) is 2.87. The molecule has 10 heteroatoms. The highest BCUT2D eigenvalue weighted by molar-refractivity contribution is 5.73. The third kappa shape index (κ3) is 12.1. The van der Waals surface area contributed by atoms with Crippen molar-refractivity contribution in [3.63, 3.8) is 0 Å². The van der Waals surface area contributed by atoms with E-state index in [-0.39, 0.29) is 32.7 Å². The minimum Gasteiger partial charge on any atom is -0.481 e. The highest BCUT2D eigenvalue weighted by Crippen LogP contribution is 2.14. The van der Waals surface area contributed by atoms with Crippen LogP contribution in [0.25, 0.3) is 0 Å². The second-order valence-electron chi connectivity index (χ2n) is 7.42. The molecule has 0 fully saturated rings. The van der Waals surface area contributed by atoms with Crippen LogP contribution in [0.1, 0.15) is 36.8 Å². The molecule has 0 aliphatic heterocycles. The average Bonchev–Trinajstić information content (AvgIpc) is 2.86. The van der Waals surface area contributed by atoms with E-state index in [1.54, 1.807) is 48.5 Å². The fraction of sp³-hybridized carbons (Fsp3) is 0.360. The van der Waals surface area contributed by atoms with Gasteiger partial charge in [0, 0.05) is 6.42 Å². The van der Waals surface area contributed by atoms with Crippen LogP contribution in [0.5, 0.6) is 0 Å². The van der Waals surface area contributed by atoms with Gasteiger partial charge in [-0.25, -0.2) is 9.59 Å². The van der Waals surface area contributed by atoms with Gasteiger partial charge in [-0.05, 0) is 24.0 Å². The van der Waals surface area contributed by atoms with Gasteiger partial charge in [0.2, 0.25) is 6.79 Å². The van der Waals surface area contributed by atoms with Crippen LogP contribution in [-0.4, -0.2) is 42.8 Å². The molecule has 2 aromatic rings. The number of hydrogen-bond donors (Lipinski definition) is 1. The second-order valence-corrected chi connectivity index (χ2v) is 7.42. The highest BCUT2D eigenvalue weighted by atomic mass is 16.8. The Morgan fingerprint density at radius 3 is 1.77 bits per heavy atom. The molecule has 1 atom stereocenters. The van der Waals surface area contributed by atoms with Crippen molar-refractivity contribution in [1.82, 2.24) is 0 Å². The van der Waals surface area contributed by atoms with Crippen molar-refractivity contribution in [2.24, 2.45) is 5.92 Å². The minimum atomic E-state index is -1.01. The van der Waals surface area contributed by atoms with E-state index in [0.717, 1.165) is 11.1 Å². The first-order valence-electron chi connectivity index (χ1n) is 11.0. The molecular weight excluding hydrogens is 460 g/mol. The molecule has 188 valence electrons. The SMILES string of the molecule is O=C(O)CCCCC(COC(=O)OCc1ccccc1)C(=O)OCOC(=O)OCc1ccccc1. The molecule has 0 amide bonds. The second kappa shape index (κ2) is 15.7. The van der Waals surface area contributed by atoms with Gasteiger partial charge in [0.15, 0.2) is 0 Å². The first-order valence-corrected chi connectivity index (χ1v) is 11.0. The molecule has 1 N–H and O–H groups in total. The molecule has 0 spiro atoms. The number of esters is 1. The molecule has 0 heterocycles. The van der Waals surface area contributed by atoms with Crippen LogP contribution in [0.3, 0.4) is 0 Å². The highest BCUT2D eigenvalue weighted by Gasteiger charge is 2.23. The Kier molecular flexibility index (Phi) is 12.2. The quantitative estimate of drug-likeness (QED) is 0.176. The molecular formula is C25H28O10. The maximum Gasteiger partial charge on any atom is 0.511 e. The Bertz CT molecular complexity index is 930. The normalized spacial score (nSPS) is 11.1. The van der Waals surface area contributed by atoms with Crippen molar-refractivity contribution in [3.8, 4) is 0 Å². The van der Waals surface area contributed by atoms with Gasteiger partial charge in [0.25, 0.3) is 0 Å². The molecule has 2 rings (SSSR count). The summed E-state index contributed by atoms with van der Waals surface area (Å²) in [5.74, 6) is -2.61. The van der Waals surface area contributed by atoms with E-state index in [2.05, 4.69) is 0 Å². The van der Waals surface area contributed by atoms with E-state index in [9.17, 15) is 19.2 Å².